The predicted molar refractivity (Wildman–Crippen MR) is 66.0 cm³/mol. The van der Waals surface area contributed by atoms with Crippen molar-refractivity contribution in [1.82, 2.24) is 0 Å². The first kappa shape index (κ1) is 13.0. The monoisotopic (exact) mass is 222 g/mol. The Morgan fingerprint density at radius 1 is 1.62 bits per heavy atom. The number of esters is 1. The van der Waals surface area contributed by atoms with Crippen molar-refractivity contribution in [2.24, 2.45) is 11.8 Å². The van der Waals surface area contributed by atoms with Crippen molar-refractivity contribution in [2.75, 3.05) is 6.61 Å². The molecule has 0 saturated heterocycles. The van der Waals surface area contributed by atoms with Gasteiger partial charge in [0.25, 0.3) is 0 Å². The van der Waals surface area contributed by atoms with E-state index < -0.39 is 0 Å². The van der Waals surface area contributed by atoms with E-state index in [4.69, 9.17) is 4.74 Å². The molecule has 2 nitrogen and oxygen atoms in total. The Morgan fingerprint density at radius 2 is 2.38 bits per heavy atom. The Hall–Kier alpha value is -1.05. The van der Waals surface area contributed by atoms with Crippen LogP contribution in [0.25, 0.3) is 0 Å². The molecule has 0 aliphatic heterocycles. The molecule has 1 rings (SSSR count). The van der Waals surface area contributed by atoms with Gasteiger partial charge in [0.2, 0.25) is 0 Å². The summed E-state index contributed by atoms with van der Waals surface area (Å²) in [6.07, 6.45) is 6.94. The molecule has 0 amide bonds. The molecule has 0 aromatic rings. The van der Waals surface area contributed by atoms with Crippen molar-refractivity contribution in [2.45, 2.75) is 39.0 Å². The lowest BCUT2D eigenvalue weighted by atomic mass is 9.98. The molecule has 2 unspecified atom stereocenters. The van der Waals surface area contributed by atoms with Crippen LogP contribution in [0.2, 0.25) is 0 Å². The molecule has 2 heteroatoms. The molecule has 90 valence electrons. The number of rotatable bonds is 6. The first-order valence-corrected chi connectivity index (χ1v) is 6.14. The maximum Gasteiger partial charge on any atom is 0.330 e. The normalized spacial score (nSPS) is 24.4. The molecule has 0 spiro atoms. The third-order valence-corrected chi connectivity index (χ3v) is 3.41. The van der Waals surface area contributed by atoms with Gasteiger partial charge < -0.3 is 4.74 Å². The molecule has 0 aromatic heterocycles. The van der Waals surface area contributed by atoms with E-state index in [1.54, 1.807) is 0 Å². The average Bonchev–Trinajstić information content (AvgIpc) is 2.64. The van der Waals surface area contributed by atoms with Crippen molar-refractivity contribution in [3.63, 3.8) is 0 Å². The average molecular weight is 222 g/mol. The lowest BCUT2D eigenvalue weighted by Gasteiger charge is -2.09. The third kappa shape index (κ3) is 3.84. The van der Waals surface area contributed by atoms with E-state index in [0.717, 1.165) is 31.1 Å². The topological polar surface area (TPSA) is 26.3 Å². The van der Waals surface area contributed by atoms with E-state index in [0.29, 0.717) is 6.61 Å². The molecule has 0 bridgehead atoms. The summed E-state index contributed by atoms with van der Waals surface area (Å²) in [6.45, 7) is 10.2. The van der Waals surface area contributed by atoms with Gasteiger partial charge in [0.15, 0.2) is 0 Å². The van der Waals surface area contributed by atoms with Crippen LogP contribution < -0.4 is 0 Å². The van der Waals surface area contributed by atoms with Gasteiger partial charge in [-0.1, -0.05) is 25.7 Å². The molecular formula is C14H22O2. The van der Waals surface area contributed by atoms with E-state index in [9.17, 15) is 4.79 Å². The second kappa shape index (κ2) is 6.51. The number of hydrogen-bond donors (Lipinski definition) is 0. The van der Waals surface area contributed by atoms with Crippen LogP contribution >= 0.6 is 0 Å². The van der Waals surface area contributed by atoms with Gasteiger partial charge in [-0.15, -0.1) is 0 Å². The summed E-state index contributed by atoms with van der Waals surface area (Å²) in [7, 11) is 0. The van der Waals surface area contributed by atoms with Gasteiger partial charge in [-0.25, -0.2) is 4.79 Å². The van der Waals surface area contributed by atoms with Gasteiger partial charge in [-0.05, 0) is 43.9 Å². The van der Waals surface area contributed by atoms with Crippen LogP contribution in [-0.4, -0.2) is 12.6 Å². The summed E-state index contributed by atoms with van der Waals surface area (Å²) >= 11 is 0. The van der Waals surface area contributed by atoms with Crippen molar-refractivity contribution in [1.29, 1.82) is 0 Å². The molecule has 16 heavy (non-hydrogen) atoms. The summed E-state index contributed by atoms with van der Waals surface area (Å²) in [4.78, 5) is 10.8. The molecule has 0 heterocycles. The Kier molecular flexibility index (Phi) is 5.30. The SMILES string of the molecule is C=CC(=O)OCCCC1CC(=C)C(CC)C1. The highest BCUT2D eigenvalue weighted by Gasteiger charge is 2.25. The molecule has 1 aliphatic carbocycles. The maximum atomic E-state index is 10.8. The summed E-state index contributed by atoms with van der Waals surface area (Å²) in [5.41, 5.74) is 1.41. The van der Waals surface area contributed by atoms with Gasteiger partial charge in [-0.2, -0.15) is 0 Å². The van der Waals surface area contributed by atoms with Crippen LogP contribution in [0.5, 0.6) is 0 Å². The Balaban J connectivity index is 2.13. The van der Waals surface area contributed by atoms with Gasteiger partial charge in [-0.3, -0.25) is 0 Å². The van der Waals surface area contributed by atoms with Crippen LogP contribution in [0.1, 0.15) is 39.0 Å². The summed E-state index contributed by atoms with van der Waals surface area (Å²) in [5, 5.41) is 0. The number of hydrogen-bond acceptors (Lipinski definition) is 2. The summed E-state index contributed by atoms with van der Waals surface area (Å²) in [6, 6.07) is 0. The zero-order valence-electron chi connectivity index (χ0n) is 10.2. The first-order valence-electron chi connectivity index (χ1n) is 6.14. The highest BCUT2D eigenvalue weighted by atomic mass is 16.5. The zero-order valence-corrected chi connectivity index (χ0v) is 10.2. The summed E-state index contributed by atoms with van der Waals surface area (Å²) < 4.78 is 4.95. The van der Waals surface area contributed by atoms with Gasteiger partial charge in [0, 0.05) is 6.08 Å². The van der Waals surface area contributed by atoms with Gasteiger partial charge in [0.1, 0.15) is 0 Å². The third-order valence-electron chi connectivity index (χ3n) is 3.41. The largest absolute Gasteiger partial charge is 0.463 e. The number of carbonyl (C=O) groups is 1. The van der Waals surface area contributed by atoms with Gasteiger partial charge in [0.05, 0.1) is 6.61 Å². The van der Waals surface area contributed by atoms with Crippen molar-refractivity contribution >= 4 is 5.97 Å². The molecule has 1 saturated carbocycles. The van der Waals surface area contributed by atoms with E-state index in [1.807, 2.05) is 0 Å². The highest BCUT2D eigenvalue weighted by molar-refractivity contribution is 5.81. The quantitative estimate of drug-likeness (QED) is 0.297. The molecular weight excluding hydrogens is 200 g/mol. The zero-order chi connectivity index (χ0) is 12.0. The van der Waals surface area contributed by atoms with E-state index in [2.05, 4.69) is 20.1 Å². The van der Waals surface area contributed by atoms with Crippen molar-refractivity contribution in [3.05, 3.63) is 24.8 Å². The minimum Gasteiger partial charge on any atom is -0.463 e. The predicted octanol–water partition coefficient (Wildman–Crippen LogP) is 3.49. The summed E-state index contributed by atoms with van der Waals surface area (Å²) in [5.74, 6) is 1.16. The molecule has 1 fully saturated rings. The minimum absolute atomic E-state index is 0.317. The number of carbonyl (C=O) groups excluding carboxylic acids is 1. The smallest absolute Gasteiger partial charge is 0.330 e. The molecule has 0 N–H and O–H groups in total. The lowest BCUT2D eigenvalue weighted by Crippen LogP contribution is -2.04. The Bertz CT molecular complexity index is 268. The minimum atomic E-state index is -0.317. The van der Waals surface area contributed by atoms with E-state index in [1.165, 1.54) is 24.5 Å². The second-order valence-electron chi connectivity index (χ2n) is 4.58. The van der Waals surface area contributed by atoms with Crippen LogP contribution in [-0.2, 0) is 9.53 Å². The van der Waals surface area contributed by atoms with Crippen molar-refractivity contribution < 1.29 is 9.53 Å². The number of ether oxygens (including phenoxy) is 1. The molecule has 0 radical (unpaired) electrons. The Morgan fingerprint density at radius 3 is 2.94 bits per heavy atom. The fourth-order valence-corrected chi connectivity index (χ4v) is 2.47. The second-order valence-corrected chi connectivity index (χ2v) is 4.58. The standard InChI is InChI=1S/C14H22O2/c1-4-13-10-12(9-11(13)3)7-6-8-16-14(15)5-2/h5,12-13H,2-4,6-10H2,1H3. The van der Waals surface area contributed by atoms with Crippen LogP contribution in [0.4, 0.5) is 0 Å². The highest BCUT2D eigenvalue weighted by Crippen LogP contribution is 2.38. The maximum absolute atomic E-state index is 10.8. The van der Waals surface area contributed by atoms with Crippen LogP contribution in [0, 0.1) is 11.8 Å². The van der Waals surface area contributed by atoms with Crippen LogP contribution in [0.15, 0.2) is 24.8 Å². The molecule has 0 aromatic carbocycles. The fourth-order valence-electron chi connectivity index (χ4n) is 2.47. The first-order chi connectivity index (χ1) is 7.67. The number of allylic oxidation sites excluding steroid dienone is 1. The van der Waals surface area contributed by atoms with E-state index in [-0.39, 0.29) is 5.97 Å². The van der Waals surface area contributed by atoms with Crippen molar-refractivity contribution in [3.8, 4) is 0 Å². The Labute approximate surface area is 98.4 Å². The van der Waals surface area contributed by atoms with E-state index >= 15 is 0 Å². The molecule has 2 atom stereocenters. The lowest BCUT2D eigenvalue weighted by molar-refractivity contribution is -0.137. The van der Waals surface area contributed by atoms with Crippen LogP contribution in [0.3, 0.4) is 0 Å². The van der Waals surface area contributed by atoms with Gasteiger partial charge >= 0.3 is 5.97 Å². The fraction of sp³-hybridized carbons (Fsp3) is 0.643. The molecule has 1 aliphatic rings.